The quantitative estimate of drug-likeness (QED) is 0.611. The van der Waals surface area contributed by atoms with E-state index in [0.717, 1.165) is 11.0 Å². The summed E-state index contributed by atoms with van der Waals surface area (Å²) in [7, 11) is 6.62. The zero-order valence-electron chi connectivity index (χ0n) is 17.0. The van der Waals surface area contributed by atoms with E-state index in [1.807, 2.05) is 7.05 Å². The molecule has 5 heteroatoms. The van der Waals surface area contributed by atoms with Gasteiger partial charge in [0.1, 0.15) is 0 Å². The molecule has 0 radical (unpaired) electrons. The average molecular weight is 329 g/mol. The highest BCUT2D eigenvalue weighted by Crippen LogP contribution is 2.43. The second kappa shape index (κ2) is 6.96. The maximum absolute atomic E-state index is 6.16. The largest absolute Gasteiger partial charge is 0.329 e. The van der Waals surface area contributed by atoms with Crippen LogP contribution in [0.3, 0.4) is 0 Å². The van der Waals surface area contributed by atoms with Crippen LogP contribution in [0, 0.1) is 11.8 Å². The van der Waals surface area contributed by atoms with E-state index >= 15 is 0 Å². The lowest BCUT2D eigenvalue weighted by atomic mass is 9.83. The number of hydrogen-bond acceptors (Lipinski definition) is 4. The fraction of sp³-hybridized carbons (Fsp3) is 1.00. The Hall–Kier alpha value is -0.200. The first-order valence-corrected chi connectivity index (χ1v) is 9.09. The molecule has 1 heterocycles. The van der Waals surface area contributed by atoms with Crippen LogP contribution in [-0.4, -0.2) is 73.4 Å². The van der Waals surface area contributed by atoms with Crippen LogP contribution < -0.4 is 16.8 Å². The van der Waals surface area contributed by atoms with Gasteiger partial charge in [0, 0.05) is 36.9 Å². The van der Waals surface area contributed by atoms with E-state index in [4.69, 9.17) is 11.5 Å². The molecule has 1 aliphatic heterocycles. The summed E-state index contributed by atoms with van der Waals surface area (Å²) in [6.45, 7) is 16.4. The second-order valence-electron chi connectivity index (χ2n) is 8.84. The van der Waals surface area contributed by atoms with Gasteiger partial charge in [0.15, 0.2) is 5.66 Å². The molecule has 0 spiro atoms. The minimum Gasteiger partial charge on any atom is -0.329 e. The third-order valence-corrected chi connectivity index (χ3v) is 7.47. The molecule has 0 aromatic carbocycles. The standard InChI is InChI=1S/C18H42N5/c1-13-10-23(9,18(6,12-20)21-7)15(3)16(13)14(2)22(8)17(4,5)11-19/h13-16,21H,10-12,19-20H2,1-9H3/q+1. The Bertz CT molecular complexity index is 393. The van der Waals surface area contributed by atoms with Gasteiger partial charge in [-0.2, -0.15) is 0 Å². The predicted molar refractivity (Wildman–Crippen MR) is 100 cm³/mol. The number of nitrogens with one attached hydrogen (secondary N) is 1. The Morgan fingerprint density at radius 1 is 1.22 bits per heavy atom. The van der Waals surface area contributed by atoms with Crippen LogP contribution in [0.1, 0.15) is 41.5 Å². The van der Waals surface area contributed by atoms with Gasteiger partial charge < -0.3 is 16.0 Å². The monoisotopic (exact) mass is 328 g/mol. The van der Waals surface area contributed by atoms with Crippen LogP contribution in [0.25, 0.3) is 0 Å². The van der Waals surface area contributed by atoms with Crippen LogP contribution in [0.5, 0.6) is 0 Å². The summed E-state index contributed by atoms with van der Waals surface area (Å²) >= 11 is 0. The Morgan fingerprint density at radius 2 is 1.74 bits per heavy atom. The van der Waals surface area contributed by atoms with Crippen LogP contribution in [0.2, 0.25) is 0 Å². The van der Waals surface area contributed by atoms with Crippen molar-refractivity contribution in [3.63, 3.8) is 0 Å². The van der Waals surface area contributed by atoms with Gasteiger partial charge in [-0.05, 0) is 41.8 Å². The maximum Gasteiger partial charge on any atom is 0.162 e. The van der Waals surface area contributed by atoms with Crippen molar-refractivity contribution in [3.8, 4) is 0 Å². The highest BCUT2D eigenvalue weighted by Gasteiger charge is 2.57. The third kappa shape index (κ3) is 3.31. The molecule has 0 aromatic heterocycles. The molecule has 1 aliphatic rings. The molecule has 23 heavy (non-hydrogen) atoms. The van der Waals surface area contributed by atoms with Crippen molar-refractivity contribution in [3.05, 3.63) is 0 Å². The molecular weight excluding hydrogens is 286 g/mol. The first kappa shape index (κ1) is 20.8. The highest BCUT2D eigenvalue weighted by atomic mass is 15.5. The summed E-state index contributed by atoms with van der Waals surface area (Å²) in [6.07, 6.45) is 0. The summed E-state index contributed by atoms with van der Waals surface area (Å²) in [5, 5.41) is 3.51. The van der Waals surface area contributed by atoms with Gasteiger partial charge in [-0.3, -0.25) is 10.2 Å². The van der Waals surface area contributed by atoms with Crippen molar-refractivity contribution in [1.29, 1.82) is 0 Å². The van der Waals surface area contributed by atoms with Crippen molar-refractivity contribution in [2.45, 2.75) is 64.8 Å². The molecule has 6 atom stereocenters. The van der Waals surface area contributed by atoms with E-state index in [-0.39, 0.29) is 11.2 Å². The van der Waals surface area contributed by atoms with E-state index in [2.05, 4.69) is 65.9 Å². The number of quaternary nitrogens is 1. The Labute approximate surface area is 144 Å². The van der Waals surface area contributed by atoms with Crippen molar-refractivity contribution >= 4 is 0 Å². The first-order valence-electron chi connectivity index (χ1n) is 9.09. The normalized spacial score (nSPS) is 36.3. The van der Waals surface area contributed by atoms with Crippen molar-refractivity contribution in [2.24, 2.45) is 23.3 Å². The molecule has 0 saturated carbocycles. The molecule has 0 bridgehead atoms. The number of hydrogen-bond donors (Lipinski definition) is 3. The fourth-order valence-electron chi connectivity index (χ4n) is 4.79. The average Bonchev–Trinajstić information content (AvgIpc) is 2.75. The van der Waals surface area contributed by atoms with Gasteiger partial charge in [-0.25, -0.2) is 0 Å². The van der Waals surface area contributed by atoms with Gasteiger partial charge in [-0.1, -0.05) is 6.92 Å². The minimum absolute atomic E-state index is 0.0189. The lowest BCUT2D eigenvalue weighted by Gasteiger charge is -2.51. The molecule has 0 amide bonds. The van der Waals surface area contributed by atoms with E-state index in [0.29, 0.717) is 37.0 Å². The lowest BCUT2D eigenvalue weighted by Crippen LogP contribution is -2.72. The summed E-state index contributed by atoms with van der Waals surface area (Å²) < 4.78 is 0.979. The highest BCUT2D eigenvalue weighted by molar-refractivity contribution is 4.94. The van der Waals surface area contributed by atoms with Crippen molar-refractivity contribution in [2.75, 3.05) is 40.8 Å². The number of likely N-dealkylation sites (tertiary alicyclic amines) is 1. The molecule has 1 rings (SSSR count). The molecule has 5 N–H and O–H groups in total. The van der Waals surface area contributed by atoms with Crippen molar-refractivity contribution in [1.82, 2.24) is 10.2 Å². The second-order valence-corrected chi connectivity index (χ2v) is 8.84. The van der Waals surface area contributed by atoms with E-state index < -0.39 is 0 Å². The zero-order chi connectivity index (χ0) is 18.2. The summed E-state index contributed by atoms with van der Waals surface area (Å²) in [4.78, 5) is 2.47. The van der Waals surface area contributed by atoms with Crippen LogP contribution >= 0.6 is 0 Å². The number of likely N-dealkylation sites (N-methyl/N-ethyl adjacent to an activating group) is 3. The smallest absolute Gasteiger partial charge is 0.162 e. The SMILES string of the molecule is CNC(C)(CN)[N+]1(C)CC(C)C(C(C)N(C)C(C)(C)CN)C1C. The number of nitrogens with two attached hydrogens (primary N) is 2. The Balaban J connectivity index is 3.12. The number of nitrogens with zero attached hydrogens (tertiary/aromatic N) is 2. The topological polar surface area (TPSA) is 67.3 Å². The lowest BCUT2D eigenvalue weighted by molar-refractivity contribution is -0.970. The maximum atomic E-state index is 6.16. The third-order valence-electron chi connectivity index (χ3n) is 7.47. The van der Waals surface area contributed by atoms with Crippen LogP contribution in [0.15, 0.2) is 0 Å². The predicted octanol–water partition coefficient (Wildman–Crippen LogP) is 1.04. The zero-order valence-corrected chi connectivity index (χ0v) is 17.0. The van der Waals surface area contributed by atoms with E-state index in [1.54, 1.807) is 0 Å². The van der Waals surface area contributed by atoms with E-state index in [9.17, 15) is 0 Å². The van der Waals surface area contributed by atoms with E-state index in [1.165, 1.54) is 0 Å². The van der Waals surface area contributed by atoms with Crippen LogP contribution in [-0.2, 0) is 0 Å². The molecule has 138 valence electrons. The van der Waals surface area contributed by atoms with Gasteiger partial charge in [-0.15, -0.1) is 0 Å². The van der Waals surface area contributed by atoms with Crippen molar-refractivity contribution < 1.29 is 4.48 Å². The Kier molecular flexibility index (Phi) is 6.31. The minimum atomic E-state index is -0.0932. The molecule has 0 aromatic rings. The first-order chi connectivity index (χ1) is 10.4. The Morgan fingerprint density at radius 3 is 2.13 bits per heavy atom. The molecule has 0 aliphatic carbocycles. The molecule has 6 unspecified atom stereocenters. The summed E-state index contributed by atoms with van der Waals surface area (Å²) in [5.74, 6) is 1.27. The summed E-state index contributed by atoms with van der Waals surface area (Å²) in [6, 6.07) is 1.02. The number of rotatable bonds is 7. The molecule has 5 nitrogen and oxygen atoms in total. The van der Waals surface area contributed by atoms with Crippen LogP contribution in [0.4, 0.5) is 0 Å². The fourth-order valence-corrected chi connectivity index (χ4v) is 4.79. The van der Waals surface area contributed by atoms with Gasteiger partial charge in [0.05, 0.1) is 26.2 Å². The van der Waals surface area contributed by atoms with Gasteiger partial charge >= 0.3 is 0 Å². The molecular formula is C18H42N5+. The summed E-state index contributed by atoms with van der Waals surface area (Å²) in [5.41, 5.74) is 12.1. The van der Waals surface area contributed by atoms with Gasteiger partial charge in [0.2, 0.25) is 0 Å². The molecule has 1 saturated heterocycles. The molecule has 1 fully saturated rings. The van der Waals surface area contributed by atoms with Gasteiger partial charge in [0.25, 0.3) is 0 Å².